The maximum absolute atomic E-state index is 13.3. The molecule has 0 fully saturated rings. The van der Waals surface area contributed by atoms with Crippen molar-refractivity contribution < 1.29 is 22.7 Å². The van der Waals surface area contributed by atoms with Crippen molar-refractivity contribution in [1.29, 1.82) is 0 Å². The molecule has 0 unspecified atom stereocenters. The van der Waals surface area contributed by atoms with Crippen LogP contribution in [0.25, 0.3) is 0 Å². The van der Waals surface area contributed by atoms with Crippen LogP contribution in [0.2, 0.25) is 0 Å². The summed E-state index contributed by atoms with van der Waals surface area (Å²) >= 11 is 0. The molecular weight excluding hydrogens is 428 g/mol. The second kappa shape index (κ2) is 9.32. The molecule has 1 atom stereocenters. The number of rotatable bonds is 7. The van der Waals surface area contributed by atoms with Gasteiger partial charge in [0.05, 0.1) is 23.7 Å². The summed E-state index contributed by atoms with van der Waals surface area (Å²) in [4.78, 5) is 12.9. The third-order valence-electron chi connectivity index (χ3n) is 5.11. The topological polar surface area (TPSA) is 84.9 Å². The number of sulfonamides is 1. The lowest BCUT2D eigenvalue weighted by atomic mass is 10.2. The van der Waals surface area contributed by atoms with Gasteiger partial charge in [-0.05, 0) is 42.8 Å². The zero-order valence-electron chi connectivity index (χ0n) is 17.6. The summed E-state index contributed by atoms with van der Waals surface area (Å²) in [6, 6.07) is 22.6. The van der Waals surface area contributed by atoms with Gasteiger partial charge in [-0.3, -0.25) is 9.10 Å². The Labute approximate surface area is 187 Å². The van der Waals surface area contributed by atoms with Crippen molar-refractivity contribution in [1.82, 2.24) is 5.32 Å². The SMILES string of the molecule is Cc1ccccc1OCCNC(=O)[C@@H]1CN(S(=O)(=O)c2ccccc2)c2ccccc2O1. The molecule has 4 rings (SSSR count). The van der Waals surface area contributed by atoms with E-state index in [2.05, 4.69) is 5.32 Å². The number of hydrogen-bond donors (Lipinski definition) is 1. The molecule has 1 N–H and O–H groups in total. The number of carbonyl (C=O) groups is 1. The average molecular weight is 453 g/mol. The van der Waals surface area contributed by atoms with E-state index >= 15 is 0 Å². The number of amides is 1. The number of hydrogen-bond acceptors (Lipinski definition) is 5. The third kappa shape index (κ3) is 4.55. The van der Waals surface area contributed by atoms with Crippen LogP contribution in [0.5, 0.6) is 11.5 Å². The van der Waals surface area contributed by atoms with E-state index in [1.165, 1.54) is 16.4 Å². The first-order valence-electron chi connectivity index (χ1n) is 10.3. The molecule has 1 aliphatic heterocycles. The maximum Gasteiger partial charge on any atom is 0.264 e. The molecule has 7 nitrogen and oxygen atoms in total. The van der Waals surface area contributed by atoms with Crippen molar-refractivity contribution in [2.45, 2.75) is 17.9 Å². The Kier molecular flexibility index (Phi) is 6.32. The highest BCUT2D eigenvalue weighted by Gasteiger charge is 2.37. The second-order valence-corrected chi connectivity index (χ2v) is 9.19. The number of nitrogens with zero attached hydrogens (tertiary/aromatic N) is 1. The summed E-state index contributed by atoms with van der Waals surface area (Å²) in [5.74, 6) is 0.695. The van der Waals surface area contributed by atoms with Crippen LogP contribution < -0.4 is 19.1 Å². The molecule has 0 saturated heterocycles. The van der Waals surface area contributed by atoms with Crippen molar-refractivity contribution in [3.05, 3.63) is 84.4 Å². The molecule has 3 aromatic rings. The number of ether oxygens (including phenoxy) is 2. The number of benzene rings is 3. The highest BCUT2D eigenvalue weighted by Crippen LogP contribution is 2.36. The summed E-state index contributed by atoms with van der Waals surface area (Å²) < 4.78 is 39.3. The van der Waals surface area contributed by atoms with Gasteiger partial charge in [-0.1, -0.05) is 48.5 Å². The Morgan fingerprint density at radius 1 is 1.03 bits per heavy atom. The molecule has 0 radical (unpaired) electrons. The maximum atomic E-state index is 13.3. The van der Waals surface area contributed by atoms with Crippen LogP contribution in [-0.4, -0.2) is 40.1 Å². The summed E-state index contributed by atoms with van der Waals surface area (Å²) in [7, 11) is -3.86. The highest BCUT2D eigenvalue weighted by molar-refractivity contribution is 7.92. The third-order valence-corrected chi connectivity index (χ3v) is 6.90. The minimum Gasteiger partial charge on any atom is -0.491 e. The number of carbonyl (C=O) groups excluding carboxylic acids is 1. The zero-order valence-corrected chi connectivity index (χ0v) is 18.4. The molecule has 166 valence electrons. The molecule has 0 bridgehead atoms. The van der Waals surface area contributed by atoms with Gasteiger partial charge >= 0.3 is 0 Å². The van der Waals surface area contributed by atoms with E-state index < -0.39 is 22.0 Å². The van der Waals surface area contributed by atoms with E-state index in [9.17, 15) is 13.2 Å². The Bertz CT molecular complexity index is 1200. The summed E-state index contributed by atoms with van der Waals surface area (Å²) in [6.45, 7) is 2.37. The molecular formula is C24H24N2O5S. The van der Waals surface area contributed by atoms with Gasteiger partial charge in [-0.2, -0.15) is 0 Å². The van der Waals surface area contributed by atoms with Crippen molar-refractivity contribution in [3.63, 3.8) is 0 Å². The van der Waals surface area contributed by atoms with Crippen molar-refractivity contribution in [2.75, 3.05) is 24.0 Å². The Morgan fingerprint density at radius 3 is 2.50 bits per heavy atom. The molecule has 1 aliphatic rings. The van der Waals surface area contributed by atoms with Gasteiger partial charge < -0.3 is 14.8 Å². The predicted molar refractivity (Wildman–Crippen MR) is 122 cm³/mol. The first-order chi connectivity index (χ1) is 15.5. The minimum absolute atomic E-state index is 0.126. The molecule has 32 heavy (non-hydrogen) atoms. The zero-order chi connectivity index (χ0) is 22.6. The quantitative estimate of drug-likeness (QED) is 0.557. The first kappa shape index (κ1) is 21.7. The summed E-state index contributed by atoms with van der Waals surface area (Å²) in [5.41, 5.74) is 1.41. The van der Waals surface area contributed by atoms with Crippen LogP contribution in [0.1, 0.15) is 5.56 Å². The van der Waals surface area contributed by atoms with E-state index in [0.717, 1.165) is 11.3 Å². The molecule has 1 amide bonds. The summed E-state index contributed by atoms with van der Waals surface area (Å²) in [6.07, 6.45) is -0.984. The van der Waals surface area contributed by atoms with Crippen LogP contribution in [0, 0.1) is 6.92 Å². The van der Waals surface area contributed by atoms with Crippen molar-refractivity contribution in [2.24, 2.45) is 0 Å². The summed E-state index contributed by atoms with van der Waals surface area (Å²) in [5, 5.41) is 2.77. The van der Waals surface area contributed by atoms with Crippen LogP contribution >= 0.6 is 0 Å². The first-order valence-corrected chi connectivity index (χ1v) is 11.7. The van der Waals surface area contributed by atoms with Crippen LogP contribution in [-0.2, 0) is 14.8 Å². The average Bonchev–Trinajstić information content (AvgIpc) is 2.82. The van der Waals surface area contributed by atoms with Crippen molar-refractivity contribution in [3.8, 4) is 11.5 Å². The fourth-order valence-corrected chi connectivity index (χ4v) is 4.95. The molecule has 0 saturated carbocycles. The van der Waals surface area contributed by atoms with E-state index in [1.807, 2.05) is 31.2 Å². The number of nitrogens with one attached hydrogen (secondary N) is 1. The van der Waals surface area contributed by atoms with Crippen LogP contribution in [0.4, 0.5) is 5.69 Å². The van der Waals surface area contributed by atoms with Gasteiger partial charge in [-0.15, -0.1) is 0 Å². The minimum atomic E-state index is -3.86. The van der Waals surface area contributed by atoms with Gasteiger partial charge in [-0.25, -0.2) is 8.42 Å². The Balaban J connectivity index is 1.46. The fourth-order valence-electron chi connectivity index (χ4n) is 3.45. The van der Waals surface area contributed by atoms with E-state index in [4.69, 9.17) is 9.47 Å². The number of aryl methyl sites for hydroxylation is 1. The number of fused-ring (bicyclic) bond motifs is 1. The van der Waals surface area contributed by atoms with E-state index in [-0.39, 0.29) is 24.6 Å². The molecule has 1 heterocycles. The number of para-hydroxylation sites is 3. The van der Waals surface area contributed by atoms with Gasteiger partial charge in [0, 0.05) is 0 Å². The van der Waals surface area contributed by atoms with Crippen LogP contribution in [0.3, 0.4) is 0 Å². The molecule has 0 aromatic heterocycles. The van der Waals surface area contributed by atoms with Crippen molar-refractivity contribution >= 4 is 21.6 Å². The lowest BCUT2D eigenvalue weighted by molar-refractivity contribution is -0.127. The Morgan fingerprint density at radius 2 is 1.72 bits per heavy atom. The van der Waals surface area contributed by atoms with Crippen LogP contribution in [0.15, 0.2) is 83.8 Å². The predicted octanol–water partition coefficient (Wildman–Crippen LogP) is 3.15. The standard InChI is InChI=1S/C24H24N2O5S/c1-18-9-5-7-13-21(18)30-16-15-25-24(27)23-17-26(20-12-6-8-14-22(20)31-23)32(28,29)19-10-3-2-4-11-19/h2-14,23H,15-17H2,1H3,(H,25,27)/t23-/m0/s1. The lowest BCUT2D eigenvalue weighted by Crippen LogP contribution is -2.51. The molecule has 0 spiro atoms. The van der Waals surface area contributed by atoms with Gasteiger partial charge in [0.2, 0.25) is 0 Å². The van der Waals surface area contributed by atoms with Gasteiger partial charge in [0.25, 0.3) is 15.9 Å². The van der Waals surface area contributed by atoms with Gasteiger partial charge in [0.15, 0.2) is 6.10 Å². The normalized spacial score (nSPS) is 15.4. The molecule has 0 aliphatic carbocycles. The Hall–Kier alpha value is -3.52. The smallest absolute Gasteiger partial charge is 0.264 e. The van der Waals surface area contributed by atoms with Gasteiger partial charge in [0.1, 0.15) is 18.1 Å². The molecule has 8 heteroatoms. The largest absolute Gasteiger partial charge is 0.491 e. The van der Waals surface area contributed by atoms with E-state index in [0.29, 0.717) is 11.4 Å². The fraction of sp³-hybridized carbons (Fsp3) is 0.208. The second-order valence-electron chi connectivity index (χ2n) is 7.33. The monoisotopic (exact) mass is 452 g/mol. The number of anilines is 1. The molecule has 3 aromatic carbocycles. The highest BCUT2D eigenvalue weighted by atomic mass is 32.2. The lowest BCUT2D eigenvalue weighted by Gasteiger charge is -2.34. The van der Waals surface area contributed by atoms with E-state index in [1.54, 1.807) is 42.5 Å².